The van der Waals surface area contributed by atoms with Gasteiger partial charge in [-0.3, -0.25) is 0 Å². The smallest absolute Gasteiger partial charge is 0.212 e. The maximum Gasteiger partial charge on any atom is 0.212 e. The van der Waals surface area contributed by atoms with E-state index in [-0.39, 0.29) is 12.4 Å². The molecule has 0 unspecified atom stereocenters. The number of aryl methyl sites for hydroxylation is 3. The van der Waals surface area contributed by atoms with Crippen LogP contribution in [0.5, 0.6) is 0 Å². The minimum Gasteiger partial charge on any atom is -1.00 e. The van der Waals surface area contributed by atoms with Crippen molar-refractivity contribution in [3.63, 3.8) is 0 Å². The monoisotopic (exact) mass is 428 g/mol. The molecule has 3 heteroatoms. The number of aromatic nitrogens is 2. The molecule has 0 aliphatic carbocycles. The van der Waals surface area contributed by atoms with E-state index in [0.29, 0.717) is 0 Å². The summed E-state index contributed by atoms with van der Waals surface area (Å²) < 4.78 is 4.65. The SMILES string of the molecule is CCCCCn1ccc2ccc(-c3ccc4c(c3)c3cc(C)ccc3c[n+]4C)cc21.[Cl-]. The molecule has 158 valence electrons. The second kappa shape index (κ2) is 8.72. The standard InChI is InChI=1S/C28H29N2.ClH/c1-4-5-6-14-30-15-13-21-9-10-23(18-28(21)30)22-11-12-27-26(17-22)25-16-20(2)7-8-24(25)19-29(27)3;/h7-13,15-19H,4-6,14H2,1-3H3;1H/q+1;/p-1. The van der Waals surface area contributed by atoms with Crippen LogP contribution in [0.1, 0.15) is 31.7 Å². The van der Waals surface area contributed by atoms with Gasteiger partial charge in [0.05, 0.1) is 5.39 Å². The van der Waals surface area contributed by atoms with Gasteiger partial charge < -0.3 is 17.0 Å². The molecule has 5 rings (SSSR count). The molecule has 0 spiro atoms. The summed E-state index contributed by atoms with van der Waals surface area (Å²) in [7, 11) is 2.14. The minimum absolute atomic E-state index is 0. The highest BCUT2D eigenvalue weighted by Gasteiger charge is 2.13. The highest BCUT2D eigenvalue weighted by Crippen LogP contribution is 2.30. The summed E-state index contributed by atoms with van der Waals surface area (Å²) in [6.07, 6.45) is 8.25. The van der Waals surface area contributed by atoms with Crippen molar-refractivity contribution in [2.75, 3.05) is 0 Å². The predicted octanol–water partition coefficient (Wildman–Crippen LogP) is 3.94. The maximum atomic E-state index is 2.41. The summed E-state index contributed by atoms with van der Waals surface area (Å²) in [4.78, 5) is 0. The predicted molar refractivity (Wildman–Crippen MR) is 128 cm³/mol. The normalized spacial score (nSPS) is 11.3. The van der Waals surface area contributed by atoms with Crippen molar-refractivity contribution in [3.8, 4) is 11.1 Å². The third kappa shape index (κ3) is 3.93. The molecule has 0 amide bonds. The molecule has 2 nitrogen and oxygen atoms in total. The Bertz CT molecular complexity index is 1380. The van der Waals surface area contributed by atoms with Gasteiger partial charge in [0.1, 0.15) is 7.05 Å². The van der Waals surface area contributed by atoms with Gasteiger partial charge in [-0.25, -0.2) is 4.57 Å². The van der Waals surface area contributed by atoms with Gasteiger partial charge in [-0.05, 0) is 60.2 Å². The average Bonchev–Trinajstić information content (AvgIpc) is 3.16. The van der Waals surface area contributed by atoms with Gasteiger partial charge in [-0.1, -0.05) is 49.6 Å². The van der Waals surface area contributed by atoms with Crippen LogP contribution >= 0.6 is 0 Å². The number of benzene rings is 3. The molecule has 0 bridgehead atoms. The van der Waals surface area contributed by atoms with Crippen molar-refractivity contribution < 1.29 is 17.0 Å². The van der Waals surface area contributed by atoms with E-state index < -0.39 is 0 Å². The fourth-order valence-corrected chi connectivity index (χ4v) is 4.62. The minimum atomic E-state index is 0. The van der Waals surface area contributed by atoms with Gasteiger partial charge in [0.2, 0.25) is 5.52 Å². The molecule has 0 saturated heterocycles. The van der Waals surface area contributed by atoms with Crippen LogP contribution < -0.4 is 17.0 Å². The number of nitrogens with zero attached hydrogens (tertiary/aromatic N) is 2. The highest BCUT2D eigenvalue weighted by molar-refractivity contribution is 6.05. The van der Waals surface area contributed by atoms with E-state index in [1.165, 1.54) is 68.5 Å². The summed E-state index contributed by atoms with van der Waals surface area (Å²) in [5, 5.41) is 5.25. The maximum absolute atomic E-state index is 2.41. The first kappa shape index (κ1) is 21.4. The number of unbranched alkanes of at least 4 members (excludes halogenated alkanes) is 2. The Balaban J connectivity index is 0.00000231. The van der Waals surface area contributed by atoms with Crippen LogP contribution in [-0.2, 0) is 13.6 Å². The average molecular weight is 429 g/mol. The van der Waals surface area contributed by atoms with Crippen LogP contribution in [0, 0.1) is 6.92 Å². The number of halogens is 1. The molecule has 0 aliphatic rings. The van der Waals surface area contributed by atoms with Crippen LogP contribution in [0.2, 0.25) is 0 Å². The first-order valence-electron chi connectivity index (χ1n) is 11.1. The van der Waals surface area contributed by atoms with E-state index in [2.05, 4.69) is 103 Å². The second-order valence-corrected chi connectivity index (χ2v) is 8.55. The van der Waals surface area contributed by atoms with E-state index in [9.17, 15) is 0 Å². The molecule has 0 saturated carbocycles. The lowest BCUT2D eigenvalue weighted by molar-refractivity contribution is -0.643. The van der Waals surface area contributed by atoms with E-state index in [0.717, 1.165) is 6.54 Å². The Morgan fingerprint density at radius 3 is 2.42 bits per heavy atom. The van der Waals surface area contributed by atoms with Gasteiger partial charge >= 0.3 is 0 Å². The third-order valence-electron chi connectivity index (χ3n) is 6.32. The number of pyridine rings is 1. The largest absolute Gasteiger partial charge is 1.00 e. The van der Waals surface area contributed by atoms with Crippen molar-refractivity contribution in [1.82, 2.24) is 4.57 Å². The fourth-order valence-electron chi connectivity index (χ4n) is 4.62. The van der Waals surface area contributed by atoms with E-state index >= 15 is 0 Å². The summed E-state index contributed by atoms with van der Waals surface area (Å²) in [6, 6.07) is 22.7. The van der Waals surface area contributed by atoms with Crippen LogP contribution in [0.25, 0.3) is 43.7 Å². The van der Waals surface area contributed by atoms with Crippen molar-refractivity contribution >= 4 is 32.6 Å². The zero-order valence-corrected chi connectivity index (χ0v) is 19.3. The number of hydrogen-bond donors (Lipinski definition) is 0. The van der Waals surface area contributed by atoms with Crippen molar-refractivity contribution in [2.45, 2.75) is 39.7 Å². The van der Waals surface area contributed by atoms with E-state index in [1.54, 1.807) is 0 Å². The molecule has 0 N–H and O–H groups in total. The molecule has 31 heavy (non-hydrogen) atoms. The quantitative estimate of drug-likeness (QED) is 0.228. The lowest BCUT2D eigenvalue weighted by Crippen LogP contribution is -3.00. The topological polar surface area (TPSA) is 8.81 Å². The van der Waals surface area contributed by atoms with Gasteiger partial charge in [-0.15, -0.1) is 0 Å². The van der Waals surface area contributed by atoms with Crippen molar-refractivity contribution in [2.24, 2.45) is 7.05 Å². The molecular weight excluding hydrogens is 400 g/mol. The van der Waals surface area contributed by atoms with Gasteiger partial charge in [0, 0.05) is 35.1 Å². The number of fused-ring (bicyclic) bond motifs is 4. The van der Waals surface area contributed by atoms with E-state index in [1.807, 2.05) is 0 Å². The Morgan fingerprint density at radius 1 is 0.806 bits per heavy atom. The van der Waals surface area contributed by atoms with Crippen molar-refractivity contribution in [1.29, 1.82) is 0 Å². The molecule has 0 fully saturated rings. The third-order valence-corrected chi connectivity index (χ3v) is 6.32. The van der Waals surface area contributed by atoms with Gasteiger partial charge in [0.25, 0.3) is 0 Å². The Kier molecular flexibility index (Phi) is 6.02. The molecule has 0 atom stereocenters. The second-order valence-electron chi connectivity index (χ2n) is 8.55. The molecule has 0 radical (unpaired) electrons. The lowest BCUT2D eigenvalue weighted by atomic mass is 9.98. The first-order chi connectivity index (χ1) is 14.6. The zero-order chi connectivity index (χ0) is 20.7. The van der Waals surface area contributed by atoms with Gasteiger partial charge in [0.15, 0.2) is 6.20 Å². The summed E-state index contributed by atoms with van der Waals surface area (Å²) in [5.41, 5.74) is 6.46. The van der Waals surface area contributed by atoms with Crippen molar-refractivity contribution in [3.05, 3.63) is 78.6 Å². The van der Waals surface area contributed by atoms with Crippen LogP contribution in [0.15, 0.2) is 73.1 Å². The van der Waals surface area contributed by atoms with Crippen LogP contribution in [0.3, 0.4) is 0 Å². The Labute approximate surface area is 190 Å². The van der Waals surface area contributed by atoms with Gasteiger partial charge in [-0.2, -0.15) is 0 Å². The molecule has 2 heterocycles. The number of hydrogen-bond acceptors (Lipinski definition) is 0. The molecular formula is C28H29ClN2. The first-order valence-corrected chi connectivity index (χ1v) is 11.1. The zero-order valence-electron chi connectivity index (χ0n) is 18.5. The summed E-state index contributed by atoms with van der Waals surface area (Å²) in [5.74, 6) is 0. The van der Waals surface area contributed by atoms with Crippen LogP contribution in [-0.4, -0.2) is 4.57 Å². The summed E-state index contributed by atoms with van der Waals surface area (Å²) >= 11 is 0. The lowest BCUT2D eigenvalue weighted by Gasteiger charge is -2.09. The van der Waals surface area contributed by atoms with Crippen LogP contribution in [0.4, 0.5) is 0 Å². The molecule has 2 aromatic heterocycles. The fraction of sp³-hybridized carbons (Fsp3) is 0.250. The van der Waals surface area contributed by atoms with E-state index in [4.69, 9.17) is 0 Å². The highest BCUT2D eigenvalue weighted by atomic mass is 35.5. The summed E-state index contributed by atoms with van der Waals surface area (Å²) in [6.45, 7) is 5.53. The molecule has 3 aromatic carbocycles. The molecule has 0 aliphatic heterocycles. The number of rotatable bonds is 5. The molecule has 5 aromatic rings. The Morgan fingerprint density at radius 2 is 1.58 bits per heavy atom. The Hall–Kier alpha value is -2.84.